The molecule has 3 unspecified atom stereocenters. The number of aliphatic hydroxyl groups is 1. The second kappa shape index (κ2) is 14.8. The quantitative estimate of drug-likeness (QED) is 0.204. The Balaban J connectivity index is 1.60. The molecular weight excluding hydrogens is 678 g/mol. The summed E-state index contributed by atoms with van der Waals surface area (Å²) in [6.07, 6.45) is 3.44. The van der Waals surface area contributed by atoms with Crippen molar-refractivity contribution in [1.82, 2.24) is 4.90 Å². The smallest absolute Gasteiger partial charge is 0.253 e. The maximum absolute atomic E-state index is 15.0. The first-order chi connectivity index (χ1) is 23.1. The Kier molecular flexibility index (Phi) is 11.0. The van der Waals surface area contributed by atoms with Crippen molar-refractivity contribution < 1.29 is 33.7 Å². The number of carbonyl (C=O) groups is 3. The van der Waals surface area contributed by atoms with Crippen LogP contribution in [0.2, 0.25) is 0 Å². The summed E-state index contributed by atoms with van der Waals surface area (Å²) in [7, 11) is 1.57. The van der Waals surface area contributed by atoms with Gasteiger partial charge in [0.1, 0.15) is 23.1 Å². The number of carbonyl (C=O) groups excluding carboxylic acids is 3. The number of amides is 3. The monoisotopic (exact) mass is 723 g/mol. The topological polar surface area (TPSA) is 109 Å². The summed E-state index contributed by atoms with van der Waals surface area (Å²) in [5.41, 5.74) is -0.0750. The molecule has 3 amide bonds. The largest absolute Gasteiger partial charge is 0.497 e. The van der Waals surface area contributed by atoms with E-state index in [1.807, 2.05) is 32.9 Å². The molecule has 2 aromatic rings. The van der Waals surface area contributed by atoms with Crippen molar-refractivity contribution >= 4 is 45.0 Å². The van der Waals surface area contributed by atoms with E-state index in [4.69, 9.17) is 14.2 Å². The van der Waals surface area contributed by atoms with Gasteiger partial charge in [-0.3, -0.25) is 14.4 Å². The SMILES string of the molecule is C=CCN(C(=O)C1N([C@@H](CO)CC(C)C)C(=O)[C@@H]2[C@H](C(=O)N(CC=C)c3ccc(OCC)cc3)[C@H]3OC12CC3Br)c1ccc(OC)cc1. The van der Waals surface area contributed by atoms with Crippen LogP contribution < -0.4 is 19.3 Å². The third-order valence-electron chi connectivity index (χ3n) is 9.59. The zero-order valence-corrected chi connectivity index (χ0v) is 29.7. The Morgan fingerprint density at radius 1 is 1.04 bits per heavy atom. The van der Waals surface area contributed by atoms with Crippen LogP contribution in [0.3, 0.4) is 0 Å². The molecule has 0 radical (unpaired) electrons. The standard InChI is InChI=1S/C37H46BrN3O7/c1-7-18-39(24-12-16-28(17-13-24)47-9-3)34(43)30-31-35(44)41(26(22-42)20-23(4)5)33(37(31)21-29(38)32(30)48-37)36(45)40(19-8-2)25-10-14-27(46-6)15-11-25/h7-8,10-17,23,26,29-33,42H,1-2,9,18-22H2,3-6H3/t26-,29?,30+,31+,32+,33?,37?/m1/s1. The normalized spacial score (nSPS) is 26.3. The molecule has 11 heteroatoms. The Hall–Kier alpha value is -3.67. The maximum atomic E-state index is 15.0. The predicted octanol–water partition coefficient (Wildman–Crippen LogP) is 4.99. The van der Waals surface area contributed by atoms with Gasteiger partial charge in [-0.05, 0) is 74.2 Å². The molecule has 2 aromatic carbocycles. The lowest BCUT2D eigenvalue weighted by Crippen LogP contribution is -2.59. The highest BCUT2D eigenvalue weighted by Gasteiger charge is 2.77. The number of hydrogen-bond acceptors (Lipinski definition) is 7. The molecule has 10 nitrogen and oxygen atoms in total. The second-order valence-corrected chi connectivity index (χ2v) is 14.2. The summed E-state index contributed by atoms with van der Waals surface area (Å²) >= 11 is 3.78. The van der Waals surface area contributed by atoms with Gasteiger partial charge in [-0.15, -0.1) is 13.2 Å². The van der Waals surface area contributed by atoms with Gasteiger partial charge in [0.2, 0.25) is 11.8 Å². The summed E-state index contributed by atoms with van der Waals surface area (Å²) in [5.74, 6) is -1.38. The maximum Gasteiger partial charge on any atom is 0.253 e. The lowest BCUT2D eigenvalue weighted by atomic mass is 9.70. The highest BCUT2D eigenvalue weighted by Crippen LogP contribution is 2.61. The van der Waals surface area contributed by atoms with Crippen LogP contribution in [0.5, 0.6) is 11.5 Å². The Bertz CT molecular complexity index is 1500. The number of fused-ring (bicyclic) bond motifs is 1. The van der Waals surface area contributed by atoms with Crippen molar-refractivity contribution in [3.05, 3.63) is 73.8 Å². The molecule has 5 rings (SSSR count). The van der Waals surface area contributed by atoms with Gasteiger partial charge < -0.3 is 34.0 Å². The van der Waals surface area contributed by atoms with Crippen molar-refractivity contribution in [3.63, 3.8) is 0 Å². The van der Waals surface area contributed by atoms with E-state index < -0.39 is 35.6 Å². The van der Waals surface area contributed by atoms with E-state index in [0.717, 1.165) is 0 Å². The van der Waals surface area contributed by atoms with Crippen LogP contribution >= 0.6 is 15.9 Å². The summed E-state index contributed by atoms with van der Waals surface area (Å²) in [6, 6.07) is 12.6. The van der Waals surface area contributed by atoms with Gasteiger partial charge in [0.15, 0.2) is 0 Å². The fraction of sp³-hybridized carbons (Fsp3) is 0.486. The van der Waals surface area contributed by atoms with Crippen LogP contribution in [-0.4, -0.2) is 89.8 Å². The number of alkyl halides is 1. The number of likely N-dealkylation sites (tertiary alicyclic amines) is 1. The third kappa shape index (κ3) is 6.28. The molecule has 0 saturated carbocycles. The number of nitrogens with zero attached hydrogens (tertiary/aromatic N) is 3. The molecule has 7 atom stereocenters. The molecule has 3 aliphatic heterocycles. The van der Waals surface area contributed by atoms with Crippen LogP contribution in [0.1, 0.15) is 33.6 Å². The zero-order valence-electron chi connectivity index (χ0n) is 28.1. The van der Waals surface area contributed by atoms with Crippen LogP contribution in [-0.2, 0) is 19.1 Å². The highest BCUT2D eigenvalue weighted by atomic mass is 79.9. The number of aliphatic hydroxyl groups excluding tert-OH is 1. The van der Waals surface area contributed by atoms with E-state index >= 15 is 0 Å². The Morgan fingerprint density at radius 2 is 1.60 bits per heavy atom. The summed E-state index contributed by atoms with van der Waals surface area (Å²) < 4.78 is 17.7. The Labute approximate surface area is 291 Å². The zero-order chi connectivity index (χ0) is 34.7. The van der Waals surface area contributed by atoms with Gasteiger partial charge in [-0.25, -0.2) is 0 Å². The average Bonchev–Trinajstić information content (AvgIpc) is 3.68. The average molecular weight is 725 g/mol. The van der Waals surface area contributed by atoms with Crippen LogP contribution in [0.25, 0.3) is 0 Å². The van der Waals surface area contributed by atoms with Crippen molar-refractivity contribution in [1.29, 1.82) is 0 Å². The number of benzene rings is 2. The molecule has 1 N–H and O–H groups in total. The molecule has 3 saturated heterocycles. The number of hydrogen-bond donors (Lipinski definition) is 1. The molecule has 1 spiro atoms. The van der Waals surface area contributed by atoms with E-state index in [0.29, 0.717) is 42.3 Å². The van der Waals surface area contributed by atoms with Crippen LogP contribution in [0.4, 0.5) is 11.4 Å². The molecule has 3 heterocycles. The van der Waals surface area contributed by atoms with Gasteiger partial charge in [0.05, 0.1) is 44.3 Å². The minimum Gasteiger partial charge on any atom is -0.497 e. The third-order valence-corrected chi connectivity index (χ3v) is 10.4. The van der Waals surface area contributed by atoms with Crippen molar-refractivity contribution in [2.45, 2.75) is 62.2 Å². The summed E-state index contributed by atoms with van der Waals surface area (Å²) in [5, 5.41) is 10.7. The van der Waals surface area contributed by atoms with E-state index in [1.54, 1.807) is 65.5 Å². The van der Waals surface area contributed by atoms with Gasteiger partial charge in [-0.2, -0.15) is 0 Å². The van der Waals surface area contributed by atoms with E-state index in [-0.39, 0.29) is 48.2 Å². The molecule has 48 heavy (non-hydrogen) atoms. The number of methoxy groups -OCH3 is 1. The second-order valence-electron chi connectivity index (χ2n) is 13.0. The lowest BCUT2D eigenvalue weighted by Gasteiger charge is -2.40. The molecule has 2 bridgehead atoms. The molecular formula is C37H46BrN3O7. The number of rotatable bonds is 15. The highest BCUT2D eigenvalue weighted by molar-refractivity contribution is 9.09. The number of anilines is 2. The molecule has 0 aromatic heterocycles. The van der Waals surface area contributed by atoms with E-state index in [2.05, 4.69) is 29.1 Å². The van der Waals surface area contributed by atoms with Crippen molar-refractivity contribution in [2.75, 3.05) is 43.2 Å². The number of ether oxygens (including phenoxy) is 3. The van der Waals surface area contributed by atoms with Gasteiger partial charge in [0.25, 0.3) is 5.91 Å². The fourth-order valence-corrected chi connectivity index (χ4v) is 8.67. The summed E-state index contributed by atoms with van der Waals surface area (Å²) in [4.78, 5) is 48.9. The molecule has 258 valence electrons. The van der Waals surface area contributed by atoms with Gasteiger partial charge in [0, 0.05) is 29.3 Å². The first-order valence-electron chi connectivity index (χ1n) is 16.5. The molecule has 3 fully saturated rings. The lowest BCUT2D eigenvalue weighted by molar-refractivity contribution is -0.144. The Morgan fingerprint density at radius 3 is 2.10 bits per heavy atom. The first-order valence-corrected chi connectivity index (χ1v) is 17.4. The van der Waals surface area contributed by atoms with Gasteiger partial charge >= 0.3 is 0 Å². The molecule has 0 aliphatic carbocycles. The fourth-order valence-electron chi connectivity index (χ4n) is 7.72. The van der Waals surface area contributed by atoms with Crippen molar-refractivity contribution in [2.24, 2.45) is 17.8 Å². The van der Waals surface area contributed by atoms with Crippen LogP contribution in [0.15, 0.2) is 73.8 Å². The van der Waals surface area contributed by atoms with Crippen LogP contribution in [0, 0.1) is 17.8 Å². The summed E-state index contributed by atoms with van der Waals surface area (Å²) in [6.45, 7) is 14.2. The van der Waals surface area contributed by atoms with Gasteiger partial charge in [-0.1, -0.05) is 41.9 Å². The minimum absolute atomic E-state index is 0.121. The van der Waals surface area contributed by atoms with E-state index in [1.165, 1.54) is 4.90 Å². The van der Waals surface area contributed by atoms with E-state index in [9.17, 15) is 19.5 Å². The molecule has 3 aliphatic rings. The van der Waals surface area contributed by atoms with Crippen molar-refractivity contribution in [3.8, 4) is 11.5 Å². The first kappa shape index (κ1) is 35.6. The minimum atomic E-state index is -1.30. The number of halogens is 1. The predicted molar refractivity (Wildman–Crippen MR) is 189 cm³/mol.